The molecule has 2 aromatic carbocycles. The number of nitrogens with zero attached hydrogens (tertiary/aromatic N) is 2. The fourth-order valence-corrected chi connectivity index (χ4v) is 4.89. The molecule has 0 bridgehead atoms. The van der Waals surface area contributed by atoms with E-state index in [0.29, 0.717) is 13.1 Å². The molecule has 0 saturated carbocycles. The van der Waals surface area contributed by atoms with Gasteiger partial charge in [0.2, 0.25) is 5.91 Å². The zero-order valence-electron chi connectivity index (χ0n) is 25.3. The fraction of sp³-hybridized carbons (Fsp3) is 0.406. The number of anilines is 2. The average Bonchev–Trinajstić information content (AvgIpc) is 2.99. The van der Waals surface area contributed by atoms with E-state index in [4.69, 9.17) is 9.47 Å². The van der Waals surface area contributed by atoms with Crippen LogP contribution in [0.5, 0.6) is 11.5 Å². The molecule has 2 atom stereocenters. The molecule has 0 saturated heterocycles. The van der Waals surface area contributed by atoms with E-state index in [0.717, 1.165) is 76.9 Å². The van der Waals surface area contributed by atoms with Crippen molar-refractivity contribution in [1.82, 2.24) is 20.6 Å². The quantitative estimate of drug-likeness (QED) is 0.108. The molecule has 0 spiro atoms. The Kier molecular flexibility index (Phi) is 15.1. The van der Waals surface area contributed by atoms with Crippen LogP contribution in [0.15, 0.2) is 60.9 Å². The second-order valence-corrected chi connectivity index (χ2v) is 10.4. The molecule has 43 heavy (non-hydrogen) atoms. The van der Waals surface area contributed by atoms with Crippen LogP contribution in [0, 0.1) is 0 Å². The first-order valence-electron chi connectivity index (χ1n) is 14.3. The largest absolute Gasteiger partial charge is 0.497 e. The van der Waals surface area contributed by atoms with Crippen LogP contribution < -0.4 is 30.7 Å². The molecule has 234 valence electrons. The van der Waals surface area contributed by atoms with Gasteiger partial charge in [-0.2, -0.15) is 0 Å². The second-order valence-electron chi connectivity index (χ2n) is 10.4. The van der Waals surface area contributed by atoms with Gasteiger partial charge < -0.3 is 30.7 Å². The predicted molar refractivity (Wildman–Crippen MR) is 182 cm³/mol. The molecular formula is C32H44Cl2N6O3. The number of fused-ring (bicyclic) bond motifs is 2. The number of ether oxygens (including phenoxy) is 2. The molecule has 11 heteroatoms. The number of pyridine rings is 2. The molecule has 0 fully saturated rings. The normalized spacial score (nSPS) is 12.0. The van der Waals surface area contributed by atoms with E-state index in [1.165, 1.54) is 0 Å². The lowest BCUT2D eigenvalue weighted by molar-refractivity contribution is -0.120. The van der Waals surface area contributed by atoms with Gasteiger partial charge in [0.15, 0.2) is 0 Å². The van der Waals surface area contributed by atoms with Crippen molar-refractivity contribution < 1.29 is 14.3 Å². The van der Waals surface area contributed by atoms with Gasteiger partial charge in [0, 0.05) is 53.9 Å². The maximum atomic E-state index is 12.3. The van der Waals surface area contributed by atoms with Crippen LogP contribution in [0.2, 0.25) is 0 Å². The summed E-state index contributed by atoms with van der Waals surface area (Å²) in [7, 11) is 3.34. The van der Waals surface area contributed by atoms with Crippen molar-refractivity contribution >= 4 is 63.9 Å². The highest BCUT2D eigenvalue weighted by atomic mass is 35.5. The Hall–Kier alpha value is -3.53. The number of aromatic nitrogens is 2. The van der Waals surface area contributed by atoms with Crippen molar-refractivity contribution in [3.05, 3.63) is 60.9 Å². The number of amides is 1. The molecular weight excluding hydrogens is 587 g/mol. The van der Waals surface area contributed by atoms with Gasteiger partial charge in [0.1, 0.15) is 11.5 Å². The van der Waals surface area contributed by atoms with Crippen LogP contribution in [0.25, 0.3) is 21.8 Å². The number of nitrogens with one attached hydrogen (secondary N) is 4. The van der Waals surface area contributed by atoms with Gasteiger partial charge in [0.25, 0.3) is 0 Å². The van der Waals surface area contributed by atoms with Crippen molar-refractivity contribution in [2.24, 2.45) is 0 Å². The van der Waals surface area contributed by atoms with Gasteiger partial charge in [-0.1, -0.05) is 12.1 Å². The number of rotatable bonds is 16. The smallest absolute Gasteiger partial charge is 0.233 e. The first kappa shape index (κ1) is 35.7. The van der Waals surface area contributed by atoms with Crippen LogP contribution in [-0.2, 0) is 4.79 Å². The minimum atomic E-state index is 0. The van der Waals surface area contributed by atoms with Crippen molar-refractivity contribution in [1.29, 1.82) is 0 Å². The highest BCUT2D eigenvalue weighted by Gasteiger charge is 2.11. The summed E-state index contributed by atoms with van der Waals surface area (Å²) in [5, 5.41) is 15.5. The maximum absolute atomic E-state index is 12.3. The molecule has 1 amide bonds. The molecule has 2 unspecified atom stereocenters. The lowest BCUT2D eigenvalue weighted by atomic mass is 10.1. The summed E-state index contributed by atoms with van der Waals surface area (Å²) < 4.78 is 10.9. The molecule has 2 aromatic heterocycles. The Morgan fingerprint density at radius 2 is 1.26 bits per heavy atom. The fourth-order valence-electron chi connectivity index (χ4n) is 4.89. The topological polar surface area (TPSA) is 109 Å². The molecule has 2 heterocycles. The van der Waals surface area contributed by atoms with Crippen molar-refractivity contribution in [2.75, 3.05) is 44.5 Å². The zero-order chi connectivity index (χ0) is 29.0. The molecule has 0 aliphatic carbocycles. The standard InChI is InChI=1S/C32H42N6O3.2ClH/c1-22(37-28-19-26(40-3)17-24-11-7-15-35-31(24)28)9-5-13-33-21-30(39)34-14-6-10-23(2)38-29-20-27(41-4)18-25-12-8-16-36-32(25)29;;/h7-8,11-12,15-20,22-23,33,37-38H,5-6,9-10,13-14,21H2,1-4H3,(H,34,39);2*1H. The summed E-state index contributed by atoms with van der Waals surface area (Å²) >= 11 is 0. The van der Waals surface area contributed by atoms with E-state index in [-0.39, 0.29) is 42.8 Å². The summed E-state index contributed by atoms with van der Waals surface area (Å²) in [6.07, 6.45) is 7.32. The van der Waals surface area contributed by atoms with Crippen LogP contribution in [-0.4, -0.2) is 61.8 Å². The number of halogens is 2. The van der Waals surface area contributed by atoms with Gasteiger partial charge in [-0.15, -0.1) is 24.8 Å². The summed E-state index contributed by atoms with van der Waals surface area (Å²) in [4.78, 5) is 21.3. The molecule has 0 aliphatic heterocycles. The minimum absolute atomic E-state index is 0. The van der Waals surface area contributed by atoms with Crippen LogP contribution >= 0.6 is 24.8 Å². The van der Waals surface area contributed by atoms with Gasteiger partial charge in [-0.05, 0) is 70.3 Å². The van der Waals surface area contributed by atoms with E-state index in [1.54, 1.807) is 26.6 Å². The Labute approximate surface area is 266 Å². The molecule has 4 rings (SSSR count). The molecule has 0 aliphatic rings. The van der Waals surface area contributed by atoms with E-state index in [2.05, 4.69) is 45.1 Å². The van der Waals surface area contributed by atoms with Crippen molar-refractivity contribution in [2.45, 2.75) is 51.6 Å². The van der Waals surface area contributed by atoms with E-state index >= 15 is 0 Å². The third-order valence-electron chi connectivity index (χ3n) is 7.04. The van der Waals surface area contributed by atoms with Crippen LogP contribution in [0.1, 0.15) is 39.5 Å². The number of hydrogen-bond donors (Lipinski definition) is 4. The summed E-state index contributed by atoms with van der Waals surface area (Å²) in [6, 6.07) is 16.3. The molecule has 9 nitrogen and oxygen atoms in total. The van der Waals surface area contributed by atoms with Gasteiger partial charge in [-0.3, -0.25) is 14.8 Å². The van der Waals surface area contributed by atoms with Crippen molar-refractivity contribution in [3.8, 4) is 11.5 Å². The third-order valence-corrected chi connectivity index (χ3v) is 7.04. The second kappa shape index (κ2) is 18.2. The summed E-state index contributed by atoms with van der Waals surface area (Å²) in [5.74, 6) is 1.63. The Bertz CT molecular complexity index is 1440. The first-order chi connectivity index (χ1) is 20.0. The summed E-state index contributed by atoms with van der Waals surface area (Å²) in [5.41, 5.74) is 3.79. The highest BCUT2D eigenvalue weighted by molar-refractivity contribution is 5.92. The lowest BCUT2D eigenvalue weighted by Crippen LogP contribution is -2.35. The summed E-state index contributed by atoms with van der Waals surface area (Å²) in [6.45, 7) is 6.04. The number of methoxy groups -OCH3 is 2. The van der Waals surface area contributed by atoms with Gasteiger partial charge in [-0.25, -0.2) is 0 Å². The van der Waals surface area contributed by atoms with Gasteiger partial charge in [0.05, 0.1) is 43.2 Å². The lowest BCUT2D eigenvalue weighted by Gasteiger charge is -2.18. The van der Waals surface area contributed by atoms with Crippen LogP contribution in [0.3, 0.4) is 0 Å². The van der Waals surface area contributed by atoms with Crippen molar-refractivity contribution in [3.63, 3.8) is 0 Å². The molecule has 4 aromatic rings. The van der Waals surface area contributed by atoms with Gasteiger partial charge >= 0.3 is 0 Å². The number of carbonyl (C=O) groups excluding carboxylic acids is 1. The Morgan fingerprint density at radius 3 is 1.74 bits per heavy atom. The number of benzene rings is 2. The highest BCUT2D eigenvalue weighted by Crippen LogP contribution is 2.29. The van der Waals surface area contributed by atoms with E-state index in [1.807, 2.05) is 48.5 Å². The number of carbonyl (C=O) groups is 1. The molecule has 4 N–H and O–H groups in total. The SMILES string of the molecule is COc1cc(NC(C)CCCNCC(=O)NCCCC(C)Nc2cc(OC)cc3cccnc23)c2ncccc2c1.Cl.Cl. The minimum Gasteiger partial charge on any atom is -0.497 e. The number of hydrogen-bond acceptors (Lipinski definition) is 8. The Balaban J connectivity index is 0.00000323. The average molecular weight is 632 g/mol. The van der Waals surface area contributed by atoms with E-state index < -0.39 is 0 Å². The monoisotopic (exact) mass is 630 g/mol. The first-order valence-corrected chi connectivity index (χ1v) is 14.3. The van der Waals surface area contributed by atoms with E-state index in [9.17, 15) is 4.79 Å². The predicted octanol–water partition coefficient (Wildman–Crippen LogP) is 6.21. The molecule has 0 radical (unpaired) electrons. The van der Waals surface area contributed by atoms with Crippen LogP contribution in [0.4, 0.5) is 11.4 Å². The maximum Gasteiger partial charge on any atom is 0.233 e. The zero-order valence-corrected chi connectivity index (χ0v) is 26.9. The Morgan fingerprint density at radius 1 is 0.767 bits per heavy atom. The third kappa shape index (κ3) is 10.6.